The number of nitrogens with one attached hydrogen (secondary N) is 1. The highest BCUT2D eigenvalue weighted by molar-refractivity contribution is 5.82. The van der Waals surface area contributed by atoms with E-state index in [1.165, 1.54) is 6.33 Å². The number of anilines is 2. The predicted molar refractivity (Wildman–Crippen MR) is 140 cm³/mol. The number of rotatable bonds is 6. The van der Waals surface area contributed by atoms with Crippen LogP contribution in [0.25, 0.3) is 28.0 Å². The highest BCUT2D eigenvalue weighted by Crippen LogP contribution is 2.32. The molecule has 0 spiro atoms. The molecule has 0 saturated heterocycles. The molecule has 36 heavy (non-hydrogen) atoms. The fourth-order valence-corrected chi connectivity index (χ4v) is 4.39. The molecule has 1 atom stereocenters. The van der Waals surface area contributed by atoms with Crippen molar-refractivity contribution in [1.82, 2.24) is 34.3 Å². The van der Waals surface area contributed by atoms with Crippen molar-refractivity contribution in [1.29, 1.82) is 0 Å². The van der Waals surface area contributed by atoms with Crippen molar-refractivity contribution >= 4 is 22.5 Å². The zero-order valence-corrected chi connectivity index (χ0v) is 20.6. The number of hydrogen-bond donors (Lipinski definition) is 2. The Bertz CT molecular complexity index is 1640. The molecule has 0 amide bonds. The average Bonchev–Trinajstić information content (AvgIpc) is 3.28. The summed E-state index contributed by atoms with van der Waals surface area (Å²) in [6, 6.07) is 13.1. The monoisotopic (exact) mass is 481 g/mol. The average molecular weight is 482 g/mol. The van der Waals surface area contributed by atoms with E-state index in [2.05, 4.69) is 25.4 Å². The number of aryl methyl sites for hydroxylation is 3. The standard InChI is InChI=1S/C26H27N9O/c1-5-17(31-23-21(22(27)28-13-29-23)24-30-14-34(4)33-24)25-32-18-11-8-10-16(3)20(18)26(36)35(25)19-12-7-6-9-15(19)2/h6-14,17H,5H2,1-4H3,(H3,27,28,29,31)/t17-/m0/s1. The van der Waals surface area contributed by atoms with Crippen LogP contribution in [-0.4, -0.2) is 34.3 Å². The molecule has 3 N–H and O–H groups in total. The van der Waals surface area contributed by atoms with Crippen LogP contribution >= 0.6 is 0 Å². The molecular formula is C26H27N9O. The summed E-state index contributed by atoms with van der Waals surface area (Å²) in [7, 11) is 1.78. The summed E-state index contributed by atoms with van der Waals surface area (Å²) in [5.74, 6) is 1.71. The third kappa shape index (κ3) is 3.96. The van der Waals surface area contributed by atoms with Gasteiger partial charge in [0.1, 0.15) is 35.7 Å². The number of nitrogens with zero attached hydrogens (tertiary/aromatic N) is 7. The van der Waals surface area contributed by atoms with E-state index in [0.29, 0.717) is 40.4 Å². The molecule has 0 fully saturated rings. The molecule has 3 aromatic heterocycles. The normalized spacial score (nSPS) is 12.1. The quantitative estimate of drug-likeness (QED) is 0.375. The Labute approximate surface area is 207 Å². The third-order valence-electron chi connectivity index (χ3n) is 6.22. The van der Waals surface area contributed by atoms with E-state index >= 15 is 0 Å². The maximum absolute atomic E-state index is 14.0. The first-order valence-electron chi connectivity index (χ1n) is 11.7. The van der Waals surface area contributed by atoms with Crippen LogP contribution < -0.4 is 16.6 Å². The molecule has 0 saturated carbocycles. The molecular weight excluding hydrogens is 454 g/mol. The Morgan fingerprint density at radius 2 is 1.81 bits per heavy atom. The number of fused-ring (bicyclic) bond motifs is 1. The van der Waals surface area contributed by atoms with Crippen molar-refractivity contribution in [3.05, 3.63) is 82.4 Å². The van der Waals surface area contributed by atoms with Crippen LogP contribution in [0.2, 0.25) is 0 Å². The zero-order valence-electron chi connectivity index (χ0n) is 20.6. The van der Waals surface area contributed by atoms with Crippen LogP contribution in [-0.2, 0) is 7.05 Å². The van der Waals surface area contributed by atoms with Crippen molar-refractivity contribution in [3.8, 4) is 17.1 Å². The number of nitrogens with two attached hydrogens (primary N) is 1. The van der Waals surface area contributed by atoms with Gasteiger partial charge in [0.2, 0.25) is 0 Å². The molecule has 5 aromatic rings. The number of benzene rings is 2. The summed E-state index contributed by atoms with van der Waals surface area (Å²) in [6.45, 7) is 5.94. The van der Waals surface area contributed by atoms with Crippen molar-refractivity contribution in [2.24, 2.45) is 7.05 Å². The third-order valence-corrected chi connectivity index (χ3v) is 6.22. The van der Waals surface area contributed by atoms with Crippen molar-refractivity contribution in [3.63, 3.8) is 0 Å². The van der Waals surface area contributed by atoms with E-state index in [-0.39, 0.29) is 17.4 Å². The van der Waals surface area contributed by atoms with Crippen molar-refractivity contribution in [2.75, 3.05) is 11.1 Å². The Hall–Kier alpha value is -4.60. The first-order valence-corrected chi connectivity index (χ1v) is 11.7. The van der Waals surface area contributed by atoms with Gasteiger partial charge in [-0.05, 0) is 43.5 Å². The Morgan fingerprint density at radius 3 is 2.53 bits per heavy atom. The summed E-state index contributed by atoms with van der Waals surface area (Å²) in [5, 5.41) is 8.44. The van der Waals surface area contributed by atoms with Crippen LogP contribution in [0.5, 0.6) is 0 Å². The Kier molecular flexibility index (Phi) is 5.93. The Morgan fingerprint density at radius 1 is 1.03 bits per heavy atom. The van der Waals surface area contributed by atoms with E-state index in [0.717, 1.165) is 16.8 Å². The van der Waals surface area contributed by atoms with Crippen LogP contribution in [0.3, 0.4) is 0 Å². The van der Waals surface area contributed by atoms with Gasteiger partial charge in [-0.2, -0.15) is 5.10 Å². The second kappa shape index (κ2) is 9.21. The Balaban J connectivity index is 1.73. The molecule has 0 aliphatic heterocycles. The lowest BCUT2D eigenvalue weighted by Crippen LogP contribution is -2.29. The lowest BCUT2D eigenvalue weighted by atomic mass is 10.1. The van der Waals surface area contributed by atoms with Crippen LogP contribution in [0.4, 0.5) is 11.6 Å². The molecule has 0 bridgehead atoms. The zero-order chi connectivity index (χ0) is 25.4. The van der Waals surface area contributed by atoms with Gasteiger partial charge in [0, 0.05) is 7.05 Å². The van der Waals surface area contributed by atoms with Crippen molar-refractivity contribution < 1.29 is 0 Å². The van der Waals surface area contributed by atoms with Gasteiger partial charge in [0.25, 0.3) is 5.56 Å². The largest absolute Gasteiger partial charge is 0.383 e. The fourth-order valence-electron chi connectivity index (χ4n) is 4.39. The predicted octanol–water partition coefficient (Wildman–Crippen LogP) is 3.73. The summed E-state index contributed by atoms with van der Waals surface area (Å²) in [4.78, 5) is 31.9. The fraction of sp³-hybridized carbons (Fsp3) is 0.231. The van der Waals surface area contributed by atoms with Crippen LogP contribution in [0, 0.1) is 13.8 Å². The van der Waals surface area contributed by atoms with Gasteiger partial charge in [-0.1, -0.05) is 37.3 Å². The SMILES string of the molecule is CC[C@H](Nc1ncnc(N)c1-c1ncn(C)n1)c1nc2cccc(C)c2c(=O)n1-c1ccccc1C. The molecule has 2 aromatic carbocycles. The van der Waals surface area contributed by atoms with Gasteiger partial charge in [0.05, 0.1) is 22.6 Å². The second-order valence-electron chi connectivity index (χ2n) is 8.70. The summed E-state index contributed by atoms with van der Waals surface area (Å²) in [6.07, 6.45) is 3.60. The second-order valence-corrected chi connectivity index (χ2v) is 8.70. The van der Waals surface area contributed by atoms with E-state index in [1.807, 2.05) is 63.2 Å². The van der Waals surface area contributed by atoms with Crippen molar-refractivity contribution in [2.45, 2.75) is 33.2 Å². The maximum Gasteiger partial charge on any atom is 0.266 e. The molecule has 182 valence electrons. The van der Waals surface area contributed by atoms with E-state index in [9.17, 15) is 4.79 Å². The highest BCUT2D eigenvalue weighted by atomic mass is 16.1. The molecule has 0 unspecified atom stereocenters. The van der Waals surface area contributed by atoms with Gasteiger partial charge in [-0.25, -0.2) is 19.9 Å². The summed E-state index contributed by atoms with van der Waals surface area (Å²) in [5.41, 5.74) is 9.88. The van der Waals surface area contributed by atoms with E-state index in [4.69, 9.17) is 10.7 Å². The first-order chi connectivity index (χ1) is 17.4. The molecule has 0 aliphatic carbocycles. The molecule has 10 nitrogen and oxygen atoms in total. The minimum Gasteiger partial charge on any atom is -0.383 e. The van der Waals surface area contributed by atoms with Crippen LogP contribution in [0.15, 0.2) is 59.9 Å². The first kappa shape index (κ1) is 23.2. The van der Waals surface area contributed by atoms with Gasteiger partial charge >= 0.3 is 0 Å². The lowest BCUT2D eigenvalue weighted by molar-refractivity contribution is 0.657. The van der Waals surface area contributed by atoms with E-state index in [1.54, 1.807) is 22.6 Å². The smallest absolute Gasteiger partial charge is 0.266 e. The molecule has 10 heteroatoms. The molecule has 0 radical (unpaired) electrons. The number of hydrogen-bond acceptors (Lipinski definition) is 8. The topological polar surface area (TPSA) is 129 Å². The van der Waals surface area contributed by atoms with Gasteiger partial charge < -0.3 is 11.1 Å². The highest BCUT2D eigenvalue weighted by Gasteiger charge is 2.24. The minimum atomic E-state index is -0.376. The maximum atomic E-state index is 14.0. The van der Waals surface area contributed by atoms with Gasteiger partial charge in [-0.15, -0.1) is 0 Å². The lowest BCUT2D eigenvalue weighted by Gasteiger charge is -2.24. The number of nitrogen functional groups attached to an aromatic ring is 1. The van der Waals surface area contributed by atoms with Gasteiger partial charge in [0.15, 0.2) is 5.82 Å². The van der Waals surface area contributed by atoms with E-state index < -0.39 is 0 Å². The van der Waals surface area contributed by atoms with Gasteiger partial charge in [-0.3, -0.25) is 14.0 Å². The summed E-state index contributed by atoms with van der Waals surface area (Å²) < 4.78 is 3.29. The number of para-hydroxylation sites is 1. The summed E-state index contributed by atoms with van der Waals surface area (Å²) >= 11 is 0. The molecule has 0 aliphatic rings. The molecule has 3 heterocycles. The van der Waals surface area contributed by atoms with Crippen LogP contribution in [0.1, 0.15) is 36.3 Å². The minimum absolute atomic E-state index is 0.114. The molecule has 5 rings (SSSR count). The number of aromatic nitrogens is 7.